The highest BCUT2D eigenvalue weighted by molar-refractivity contribution is 6.02. The van der Waals surface area contributed by atoms with Gasteiger partial charge in [0.1, 0.15) is 0 Å². The zero-order valence-corrected chi connectivity index (χ0v) is 11.9. The molecule has 21 heavy (non-hydrogen) atoms. The fraction of sp³-hybridized carbons (Fsp3) is 0.125. The number of urea groups is 1. The molecule has 0 aliphatic heterocycles. The topological polar surface area (TPSA) is 50.2 Å². The highest BCUT2D eigenvalue weighted by Gasteiger charge is 2.12. The van der Waals surface area contributed by atoms with E-state index in [1.807, 2.05) is 37.5 Å². The maximum Gasteiger partial charge on any atom is 0.326 e. The summed E-state index contributed by atoms with van der Waals surface area (Å²) in [6.45, 7) is 0. The number of benzene rings is 1. The van der Waals surface area contributed by atoms with E-state index >= 15 is 0 Å². The first-order valence-corrected chi connectivity index (χ1v) is 6.65. The number of hydrogen-bond donors (Lipinski definition) is 1. The fourth-order valence-corrected chi connectivity index (χ4v) is 2.24. The van der Waals surface area contributed by atoms with E-state index in [0.717, 1.165) is 16.6 Å². The smallest absolute Gasteiger partial charge is 0.326 e. The predicted octanol–water partition coefficient (Wildman–Crippen LogP) is 3.24. The summed E-state index contributed by atoms with van der Waals surface area (Å²) in [6, 6.07) is 11.4. The van der Waals surface area contributed by atoms with E-state index in [0.29, 0.717) is 5.69 Å². The first kappa shape index (κ1) is 13.2. The third-order valence-corrected chi connectivity index (χ3v) is 3.47. The fourth-order valence-electron chi connectivity index (χ4n) is 2.24. The van der Waals surface area contributed by atoms with Gasteiger partial charge in [-0.25, -0.2) is 4.79 Å². The van der Waals surface area contributed by atoms with Gasteiger partial charge >= 0.3 is 6.03 Å². The molecular formula is C16H16N4O. The zero-order chi connectivity index (χ0) is 14.8. The summed E-state index contributed by atoms with van der Waals surface area (Å²) in [5.41, 5.74) is 2.66. The van der Waals surface area contributed by atoms with Crippen molar-refractivity contribution in [3.05, 3.63) is 55.0 Å². The van der Waals surface area contributed by atoms with Crippen LogP contribution in [0.4, 0.5) is 16.2 Å². The summed E-state index contributed by atoms with van der Waals surface area (Å²) in [4.78, 5) is 17.8. The molecule has 0 saturated carbocycles. The highest BCUT2D eigenvalue weighted by Crippen LogP contribution is 2.22. The van der Waals surface area contributed by atoms with Gasteiger partial charge in [0.2, 0.25) is 0 Å². The monoisotopic (exact) mass is 280 g/mol. The molecular weight excluding hydrogens is 264 g/mol. The molecule has 5 nitrogen and oxygen atoms in total. The van der Waals surface area contributed by atoms with Gasteiger partial charge in [-0.15, -0.1) is 0 Å². The Hall–Kier alpha value is -2.82. The average molecular weight is 280 g/mol. The second-order valence-electron chi connectivity index (χ2n) is 4.90. The SMILES string of the molecule is CN(C(=O)Nc1cccnc1)c1ccc2c(ccn2C)c1. The third-order valence-electron chi connectivity index (χ3n) is 3.47. The first-order valence-electron chi connectivity index (χ1n) is 6.65. The van der Waals surface area contributed by atoms with Crippen LogP contribution in [0.15, 0.2) is 55.0 Å². The van der Waals surface area contributed by atoms with Gasteiger partial charge in [-0.3, -0.25) is 9.88 Å². The lowest BCUT2D eigenvalue weighted by Crippen LogP contribution is -2.31. The quantitative estimate of drug-likeness (QED) is 0.783. The number of rotatable bonds is 2. The Kier molecular flexibility index (Phi) is 3.31. The molecule has 0 aliphatic rings. The molecule has 0 fully saturated rings. The van der Waals surface area contributed by atoms with Gasteiger partial charge in [0.25, 0.3) is 0 Å². The van der Waals surface area contributed by atoms with E-state index in [1.165, 1.54) is 0 Å². The maximum absolute atomic E-state index is 12.2. The van der Waals surface area contributed by atoms with Crippen LogP contribution < -0.4 is 10.2 Å². The summed E-state index contributed by atoms with van der Waals surface area (Å²) < 4.78 is 2.05. The lowest BCUT2D eigenvalue weighted by Gasteiger charge is -2.18. The highest BCUT2D eigenvalue weighted by atomic mass is 16.2. The van der Waals surface area contributed by atoms with Crippen molar-refractivity contribution in [2.75, 3.05) is 17.3 Å². The molecule has 0 radical (unpaired) electrons. The number of anilines is 2. The van der Waals surface area contributed by atoms with Crippen LogP contribution in [-0.4, -0.2) is 22.6 Å². The van der Waals surface area contributed by atoms with Crippen LogP contribution in [0.2, 0.25) is 0 Å². The van der Waals surface area contributed by atoms with E-state index in [1.54, 1.807) is 36.5 Å². The van der Waals surface area contributed by atoms with Gasteiger partial charge in [0.05, 0.1) is 11.9 Å². The number of pyridine rings is 1. The van der Waals surface area contributed by atoms with Gasteiger partial charge in [-0.05, 0) is 36.4 Å². The normalized spacial score (nSPS) is 10.6. The molecule has 0 spiro atoms. The van der Waals surface area contributed by atoms with E-state index in [-0.39, 0.29) is 6.03 Å². The largest absolute Gasteiger partial charge is 0.351 e. The molecule has 2 heterocycles. The molecule has 3 aromatic rings. The minimum atomic E-state index is -0.196. The van der Waals surface area contributed by atoms with E-state index in [2.05, 4.69) is 14.9 Å². The number of carbonyl (C=O) groups excluding carboxylic acids is 1. The van der Waals surface area contributed by atoms with Crippen LogP contribution in [-0.2, 0) is 7.05 Å². The Bertz CT molecular complexity index is 779. The molecule has 106 valence electrons. The van der Waals surface area contributed by atoms with Crippen LogP contribution in [0.25, 0.3) is 10.9 Å². The Morgan fingerprint density at radius 2 is 2.14 bits per heavy atom. The number of fused-ring (bicyclic) bond motifs is 1. The molecule has 0 atom stereocenters. The van der Waals surface area contributed by atoms with Crippen LogP contribution in [0.1, 0.15) is 0 Å². The Labute approximate surface area is 122 Å². The van der Waals surface area contributed by atoms with Crippen molar-refractivity contribution in [3.63, 3.8) is 0 Å². The summed E-state index contributed by atoms with van der Waals surface area (Å²) in [5.74, 6) is 0. The maximum atomic E-state index is 12.2. The first-order chi connectivity index (χ1) is 10.1. The molecule has 1 N–H and O–H groups in total. The van der Waals surface area contributed by atoms with Crippen LogP contribution in [0, 0.1) is 0 Å². The minimum absolute atomic E-state index is 0.196. The van der Waals surface area contributed by atoms with Gasteiger partial charge in [0, 0.05) is 43.1 Å². The van der Waals surface area contributed by atoms with E-state index in [9.17, 15) is 4.79 Å². The van der Waals surface area contributed by atoms with Gasteiger partial charge in [0.15, 0.2) is 0 Å². The van der Waals surface area contributed by atoms with Crippen molar-refractivity contribution in [2.24, 2.45) is 7.05 Å². The Morgan fingerprint density at radius 1 is 1.29 bits per heavy atom. The third kappa shape index (κ3) is 2.58. The number of amides is 2. The molecule has 0 saturated heterocycles. The number of nitrogens with one attached hydrogen (secondary N) is 1. The molecule has 0 bridgehead atoms. The van der Waals surface area contributed by atoms with Crippen molar-refractivity contribution in [1.82, 2.24) is 9.55 Å². The van der Waals surface area contributed by atoms with Crippen molar-refractivity contribution in [2.45, 2.75) is 0 Å². The Morgan fingerprint density at radius 3 is 2.90 bits per heavy atom. The number of nitrogens with zero attached hydrogens (tertiary/aromatic N) is 3. The predicted molar refractivity (Wildman–Crippen MR) is 84.6 cm³/mol. The second-order valence-corrected chi connectivity index (χ2v) is 4.90. The lowest BCUT2D eigenvalue weighted by atomic mass is 10.2. The van der Waals surface area contributed by atoms with Crippen LogP contribution >= 0.6 is 0 Å². The van der Waals surface area contributed by atoms with Gasteiger partial charge in [-0.2, -0.15) is 0 Å². The number of hydrogen-bond acceptors (Lipinski definition) is 2. The number of aromatic nitrogens is 2. The summed E-state index contributed by atoms with van der Waals surface area (Å²) in [6.07, 6.45) is 5.29. The molecule has 0 aliphatic carbocycles. The van der Waals surface area contributed by atoms with Gasteiger partial charge in [-0.1, -0.05) is 0 Å². The number of aryl methyl sites for hydroxylation is 1. The standard InChI is InChI=1S/C16H16N4O/c1-19-9-7-12-10-14(5-6-15(12)19)20(2)16(21)18-13-4-3-8-17-11-13/h3-11H,1-2H3,(H,18,21). The van der Waals surface area contributed by atoms with Crippen molar-refractivity contribution in [1.29, 1.82) is 0 Å². The number of carbonyl (C=O) groups is 1. The molecule has 0 unspecified atom stereocenters. The van der Waals surface area contributed by atoms with Crippen LogP contribution in [0.5, 0.6) is 0 Å². The second kappa shape index (κ2) is 5.28. The lowest BCUT2D eigenvalue weighted by molar-refractivity contribution is 0.258. The molecule has 3 rings (SSSR count). The van der Waals surface area contributed by atoms with E-state index < -0.39 is 0 Å². The minimum Gasteiger partial charge on any atom is -0.351 e. The van der Waals surface area contributed by atoms with Crippen molar-refractivity contribution in [3.8, 4) is 0 Å². The molecule has 2 amide bonds. The molecule has 1 aromatic carbocycles. The van der Waals surface area contributed by atoms with Gasteiger partial charge < -0.3 is 9.88 Å². The van der Waals surface area contributed by atoms with E-state index in [4.69, 9.17) is 0 Å². The Balaban J connectivity index is 1.82. The molecule has 5 heteroatoms. The average Bonchev–Trinajstić information content (AvgIpc) is 2.88. The summed E-state index contributed by atoms with van der Waals surface area (Å²) in [5, 5.41) is 3.92. The zero-order valence-electron chi connectivity index (χ0n) is 11.9. The van der Waals surface area contributed by atoms with Crippen LogP contribution in [0.3, 0.4) is 0 Å². The van der Waals surface area contributed by atoms with Crippen molar-refractivity contribution < 1.29 is 4.79 Å². The van der Waals surface area contributed by atoms with Crippen molar-refractivity contribution >= 4 is 28.3 Å². The summed E-state index contributed by atoms with van der Waals surface area (Å²) >= 11 is 0. The summed E-state index contributed by atoms with van der Waals surface area (Å²) in [7, 11) is 3.75. The molecule has 2 aromatic heterocycles.